The summed E-state index contributed by atoms with van der Waals surface area (Å²) in [5.74, 6) is 0.375. The molecule has 1 amide bonds. The van der Waals surface area contributed by atoms with E-state index in [0.717, 1.165) is 58.5 Å². The minimum Gasteiger partial charge on any atom is -0.385 e. The normalized spacial score (nSPS) is 22.6. The van der Waals surface area contributed by atoms with Crippen LogP contribution in [0.4, 0.5) is 0 Å². The highest BCUT2D eigenvalue weighted by molar-refractivity contribution is 5.78. The van der Waals surface area contributed by atoms with Gasteiger partial charge in [0.2, 0.25) is 5.91 Å². The van der Waals surface area contributed by atoms with Gasteiger partial charge in [0, 0.05) is 51.8 Å². The number of hydrogen-bond acceptors (Lipinski definition) is 5. The maximum Gasteiger partial charge on any atom is 0.224 e. The van der Waals surface area contributed by atoms with E-state index >= 15 is 0 Å². The Kier molecular flexibility index (Phi) is 8.05. The van der Waals surface area contributed by atoms with Gasteiger partial charge in [0.1, 0.15) is 0 Å². The van der Waals surface area contributed by atoms with Crippen LogP contribution in [0, 0.1) is 5.92 Å². The number of aromatic nitrogens is 1. The van der Waals surface area contributed by atoms with Crippen molar-refractivity contribution in [3.05, 3.63) is 30.1 Å². The van der Waals surface area contributed by atoms with E-state index in [1.165, 1.54) is 18.4 Å². The average molecular weight is 375 g/mol. The van der Waals surface area contributed by atoms with Crippen molar-refractivity contribution in [2.75, 3.05) is 46.4 Å². The van der Waals surface area contributed by atoms with Crippen LogP contribution in [0.5, 0.6) is 0 Å². The summed E-state index contributed by atoms with van der Waals surface area (Å²) in [6, 6.07) is 4.79. The maximum atomic E-state index is 12.5. The van der Waals surface area contributed by atoms with Crippen LogP contribution in [0.1, 0.15) is 37.7 Å². The Labute approximate surface area is 163 Å². The second-order valence-electron chi connectivity index (χ2n) is 7.84. The molecule has 0 aromatic carbocycles. The van der Waals surface area contributed by atoms with Crippen molar-refractivity contribution in [3.8, 4) is 0 Å². The molecule has 6 heteroatoms. The van der Waals surface area contributed by atoms with Crippen molar-refractivity contribution in [1.82, 2.24) is 20.1 Å². The minimum absolute atomic E-state index is 0.148. The van der Waals surface area contributed by atoms with Crippen LogP contribution in [-0.4, -0.2) is 73.2 Å². The zero-order valence-electron chi connectivity index (χ0n) is 16.6. The number of carbonyl (C=O) groups excluding carboxylic acids is 1. The quantitative estimate of drug-likeness (QED) is 0.705. The highest BCUT2D eigenvalue weighted by Crippen LogP contribution is 2.24. The lowest BCUT2D eigenvalue weighted by Gasteiger charge is -2.42. The molecule has 1 aromatic rings. The second kappa shape index (κ2) is 10.7. The Morgan fingerprint density at radius 2 is 2.15 bits per heavy atom. The number of rotatable bonds is 8. The van der Waals surface area contributed by atoms with Gasteiger partial charge in [-0.05, 0) is 63.4 Å². The Morgan fingerprint density at radius 1 is 1.30 bits per heavy atom. The molecule has 0 aliphatic carbocycles. The summed E-state index contributed by atoms with van der Waals surface area (Å²) in [6.07, 6.45) is 9.22. The molecule has 0 bridgehead atoms. The Morgan fingerprint density at radius 3 is 2.89 bits per heavy atom. The zero-order chi connectivity index (χ0) is 18.9. The first kappa shape index (κ1) is 20.2. The predicted octanol–water partition coefficient (Wildman–Crippen LogP) is 1.91. The maximum absolute atomic E-state index is 12.5. The fourth-order valence-electron chi connectivity index (χ4n) is 4.32. The number of hydrogen-bond donors (Lipinski definition) is 1. The molecule has 2 aliphatic rings. The van der Waals surface area contributed by atoms with Gasteiger partial charge in [-0.15, -0.1) is 0 Å². The summed E-state index contributed by atoms with van der Waals surface area (Å²) in [6.45, 7) is 6.73. The van der Waals surface area contributed by atoms with Gasteiger partial charge in [-0.3, -0.25) is 19.6 Å². The van der Waals surface area contributed by atoms with E-state index in [1.807, 2.05) is 18.5 Å². The topological polar surface area (TPSA) is 57.7 Å². The number of amides is 1. The van der Waals surface area contributed by atoms with Gasteiger partial charge < -0.3 is 10.1 Å². The van der Waals surface area contributed by atoms with Crippen molar-refractivity contribution in [1.29, 1.82) is 0 Å². The number of carbonyl (C=O) groups is 1. The average Bonchev–Trinajstić information content (AvgIpc) is 2.72. The van der Waals surface area contributed by atoms with E-state index in [0.29, 0.717) is 12.6 Å². The third-order valence-corrected chi connectivity index (χ3v) is 5.85. The lowest BCUT2D eigenvalue weighted by molar-refractivity contribution is -0.127. The number of likely N-dealkylation sites (tertiary alicyclic amines) is 2. The molecule has 27 heavy (non-hydrogen) atoms. The number of nitrogens with one attached hydrogen (secondary N) is 1. The molecule has 0 unspecified atom stereocenters. The predicted molar refractivity (Wildman–Crippen MR) is 106 cm³/mol. The number of pyridine rings is 1. The van der Waals surface area contributed by atoms with Crippen molar-refractivity contribution >= 4 is 5.91 Å². The molecule has 0 radical (unpaired) electrons. The molecule has 1 aromatic heterocycles. The van der Waals surface area contributed by atoms with E-state index < -0.39 is 0 Å². The molecule has 3 rings (SSSR count). The smallest absolute Gasteiger partial charge is 0.224 e. The van der Waals surface area contributed by atoms with Crippen LogP contribution in [0.25, 0.3) is 0 Å². The highest BCUT2D eigenvalue weighted by Gasteiger charge is 2.31. The molecule has 2 aliphatic heterocycles. The molecular weight excluding hydrogens is 340 g/mol. The number of ether oxygens (including phenoxy) is 1. The van der Waals surface area contributed by atoms with Crippen molar-refractivity contribution in [2.24, 2.45) is 5.92 Å². The van der Waals surface area contributed by atoms with Crippen LogP contribution >= 0.6 is 0 Å². The first-order chi connectivity index (χ1) is 13.3. The number of piperidine rings is 2. The van der Waals surface area contributed by atoms with Crippen LogP contribution in [0.2, 0.25) is 0 Å². The minimum atomic E-state index is 0.148. The largest absolute Gasteiger partial charge is 0.385 e. The van der Waals surface area contributed by atoms with Crippen molar-refractivity contribution in [3.63, 3.8) is 0 Å². The monoisotopic (exact) mass is 374 g/mol. The summed E-state index contributed by atoms with van der Waals surface area (Å²) in [5.41, 5.74) is 1.29. The van der Waals surface area contributed by atoms with Gasteiger partial charge in [0.15, 0.2) is 0 Å². The molecule has 2 fully saturated rings. The van der Waals surface area contributed by atoms with Crippen LogP contribution in [-0.2, 0) is 16.1 Å². The summed E-state index contributed by atoms with van der Waals surface area (Å²) < 4.78 is 5.04. The SMILES string of the molecule is COCCCNC(=O)[C@@H]1CCCN(C2CCN(Cc3cccnc3)CC2)C1. The molecule has 1 atom stereocenters. The first-order valence-corrected chi connectivity index (χ1v) is 10.4. The number of methoxy groups -OCH3 is 1. The third kappa shape index (κ3) is 6.26. The first-order valence-electron chi connectivity index (χ1n) is 10.4. The van der Waals surface area contributed by atoms with Crippen molar-refractivity contribution < 1.29 is 9.53 Å². The molecule has 2 saturated heterocycles. The molecule has 1 N–H and O–H groups in total. The lowest BCUT2D eigenvalue weighted by atomic mass is 9.93. The van der Waals surface area contributed by atoms with Gasteiger partial charge in [0.25, 0.3) is 0 Å². The van der Waals surface area contributed by atoms with Gasteiger partial charge in [-0.25, -0.2) is 0 Å². The van der Waals surface area contributed by atoms with Gasteiger partial charge in [-0.1, -0.05) is 6.07 Å². The van der Waals surface area contributed by atoms with E-state index in [2.05, 4.69) is 26.2 Å². The Balaban J connectivity index is 1.40. The summed E-state index contributed by atoms with van der Waals surface area (Å²) in [4.78, 5) is 21.8. The van der Waals surface area contributed by atoms with E-state index in [-0.39, 0.29) is 11.8 Å². The zero-order valence-corrected chi connectivity index (χ0v) is 16.6. The fourth-order valence-corrected chi connectivity index (χ4v) is 4.32. The second-order valence-corrected chi connectivity index (χ2v) is 7.84. The molecule has 0 saturated carbocycles. The molecule has 6 nitrogen and oxygen atoms in total. The third-order valence-electron chi connectivity index (χ3n) is 5.85. The van der Waals surface area contributed by atoms with E-state index in [1.54, 1.807) is 7.11 Å². The summed E-state index contributed by atoms with van der Waals surface area (Å²) >= 11 is 0. The molecular formula is C21H34N4O2. The van der Waals surface area contributed by atoms with Crippen LogP contribution in [0.3, 0.4) is 0 Å². The fraction of sp³-hybridized carbons (Fsp3) is 0.714. The van der Waals surface area contributed by atoms with Gasteiger partial charge in [-0.2, -0.15) is 0 Å². The standard InChI is InChI=1S/C21H34N4O2/c1-27-14-4-10-23-21(26)19-6-3-11-25(17-19)20-7-12-24(13-8-20)16-18-5-2-9-22-15-18/h2,5,9,15,19-20H,3-4,6-8,10-14,16-17H2,1H3,(H,23,26)/t19-/m1/s1. The highest BCUT2D eigenvalue weighted by atomic mass is 16.5. The number of nitrogens with zero attached hydrogens (tertiary/aromatic N) is 3. The van der Waals surface area contributed by atoms with E-state index in [9.17, 15) is 4.79 Å². The summed E-state index contributed by atoms with van der Waals surface area (Å²) in [7, 11) is 1.70. The lowest BCUT2D eigenvalue weighted by Crippen LogP contribution is -2.50. The van der Waals surface area contributed by atoms with Gasteiger partial charge >= 0.3 is 0 Å². The van der Waals surface area contributed by atoms with Crippen LogP contribution in [0.15, 0.2) is 24.5 Å². The van der Waals surface area contributed by atoms with Crippen molar-refractivity contribution in [2.45, 2.75) is 44.7 Å². The van der Waals surface area contributed by atoms with Crippen LogP contribution < -0.4 is 5.32 Å². The Bertz CT molecular complexity index is 561. The molecule has 150 valence electrons. The Hall–Kier alpha value is -1.50. The molecule has 0 spiro atoms. The molecule has 3 heterocycles. The summed E-state index contributed by atoms with van der Waals surface area (Å²) in [5, 5.41) is 3.09. The van der Waals surface area contributed by atoms with E-state index in [4.69, 9.17) is 4.74 Å². The van der Waals surface area contributed by atoms with Gasteiger partial charge in [0.05, 0.1) is 5.92 Å².